The third kappa shape index (κ3) is 5.54. The molecule has 0 spiro atoms. The summed E-state index contributed by atoms with van der Waals surface area (Å²) in [5, 5.41) is 5.39. The first-order valence-corrected chi connectivity index (χ1v) is 8.42. The predicted molar refractivity (Wildman–Crippen MR) is 95.1 cm³/mol. The first-order chi connectivity index (χ1) is 12.5. The summed E-state index contributed by atoms with van der Waals surface area (Å²) in [6, 6.07) is 8.86. The Bertz CT molecular complexity index is 767. The Labute approximate surface area is 151 Å². The van der Waals surface area contributed by atoms with E-state index in [4.69, 9.17) is 4.74 Å². The van der Waals surface area contributed by atoms with Gasteiger partial charge in [0.25, 0.3) is 0 Å². The summed E-state index contributed by atoms with van der Waals surface area (Å²) in [4.78, 5) is 27.7. The van der Waals surface area contributed by atoms with Crippen molar-refractivity contribution in [1.82, 2.24) is 15.6 Å². The summed E-state index contributed by atoms with van der Waals surface area (Å²) in [6.45, 7) is 3.46. The van der Waals surface area contributed by atoms with Crippen LogP contribution >= 0.6 is 0 Å². The van der Waals surface area contributed by atoms with Gasteiger partial charge in [-0.3, -0.25) is 9.59 Å². The summed E-state index contributed by atoms with van der Waals surface area (Å²) < 4.78 is 19.3. The molecule has 0 saturated heterocycles. The molecule has 1 heterocycles. The molecular weight excluding hydrogens is 337 g/mol. The molecule has 1 aromatic heterocycles. The minimum Gasteiger partial charge on any atom is -0.436 e. The highest BCUT2D eigenvalue weighted by atomic mass is 19.1. The number of pyridine rings is 1. The summed E-state index contributed by atoms with van der Waals surface area (Å²) in [5.74, 6) is -0.779. The number of para-hydroxylation sites is 1. The van der Waals surface area contributed by atoms with Crippen LogP contribution in [0.15, 0.2) is 42.6 Å². The number of amides is 2. The molecule has 6 nitrogen and oxygen atoms in total. The fourth-order valence-corrected chi connectivity index (χ4v) is 2.39. The third-order valence-corrected chi connectivity index (χ3v) is 3.62. The van der Waals surface area contributed by atoms with E-state index in [1.165, 1.54) is 25.3 Å². The minimum atomic E-state index is -0.592. The zero-order chi connectivity index (χ0) is 18.9. The molecule has 0 fully saturated rings. The molecule has 26 heavy (non-hydrogen) atoms. The molecule has 138 valence electrons. The van der Waals surface area contributed by atoms with E-state index in [0.717, 1.165) is 6.42 Å². The van der Waals surface area contributed by atoms with Crippen molar-refractivity contribution < 1.29 is 18.7 Å². The van der Waals surface area contributed by atoms with Gasteiger partial charge in [0.15, 0.2) is 11.6 Å². The third-order valence-electron chi connectivity index (χ3n) is 3.62. The van der Waals surface area contributed by atoms with Gasteiger partial charge in [-0.15, -0.1) is 0 Å². The van der Waals surface area contributed by atoms with Crippen LogP contribution in [0.2, 0.25) is 0 Å². The highest BCUT2D eigenvalue weighted by Crippen LogP contribution is 2.25. The number of rotatable bonds is 8. The highest BCUT2D eigenvalue weighted by molar-refractivity contribution is 5.86. The standard InChI is InChI=1S/C19H22FN3O3/c1-3-7-16(23-13(2)24)18(25)22-12-14-8-6-11-21-19(14)26-17-10-5-4-9-15(17)20/h4-6,8-11,16H,3,7,12H2,1-2H3,(H,22,25)(H,23,24). The summed E-state index contributed by atoms with van der Waals surface area (Å²) in [5.41, 5.74) is 0.599. The second-order valence-electron chi connectivity index (χ2n) is 5.76. The largest absolute Gasteiger partial charge is 0.436 e. The van der Waals surface area contributed by atoms with Crippen molar-refractivity contribution in [2.24, 2.45) is 0 Å². The average Bonchev–Trinajstić information content (AvgIpc) is 2.62. The van der Waals surface area contributed by atoms with Gasteiger partial charge in [0.05, 0.1) is 0 Å². The lowest BCUT2D eigenvalue weighted by Gasteiger charge is -2.17. The topological polar surface area (TPSA) is 80.3 Å². The molecule has 7 heteroatoms. The maximum Gasteiger partial charge on any atom is 0.242 e. The maximum atomic E-state index is 13.8. The summed E-state index contributed by atoms with van der Waals surface area (Å²) >= 11 is 0. The molecular formula is C19H22FN3O3. The molecule has 1 atom stereocenters. The number of benzene rings is 1. The van der Waals surface area contributed by atoms with E-state index >= 15 is 0 Å². The molecule has 0 aliphatic carbocycles. The van der Waals surface area contributed by atoms with E-state index in [2.05, 4.69) is 15.6 Å². The van der Waals surface area contributed by atoms with Crippen molar-refractivity contribution in [3.05, 3.63) is 54.0 Å². The Kier molecular flexibility index (Phi) is 7.08. The first kappa shape index (κ1) is 19.4. The van der Waals surface area contributed by atoms with Gasteiger partial charge in [0.2, 0.25) is 17.7 Å². The van der Waals surface area contributed by atoms with Crippen molar-refractivity contribution in [3.63, 3.8) is 0 Å². The minimum absolute atomic E-state index is 0.0564. The van der Waals surface area contributed by atoms with Crippen LogP contribution in [0.3, 0.4) is 0 Å². The molecule has 1 aromatic carbocycles. The number of nitrogens with one attached hydrogen (secondary N) is 2. The van der Waals surface area contributed by atoms with Crippen LogP contribution < -0.4 is 15.4 Å². The zero-order valence-electron chi connectivity index (χ0n) is 14.8. The van der Waals surface area contributed by atoms with Gasteiger partial charge in [-0.2, -0.15) is 0 Å². The Hall–Kier alpha value is -2.96. The van der Waals surface area contributed by atoms with Crippen LogP contribution in [-0.4, -0.2) is 22.8 Å². The molecule has 0 aliphatic rings. The van der Waals surface area contributed by atoms with Crippen molar-refractivity contribution in [2.45, 2.75) is 39.3 Å². The number of ether oxygens (including phenoxy) is 1. The van der Waals surface area contributed by atoms with Crippen molar-refractivity contribution >= 4 is 11.8 Å². The molecule has 2 aromatic rings. The van der Waals surface area contributed by atoms with Crippen molar-refractivity contribution in [1.29, 1.82) is 0 Å². The Morgan fingerprint density at radius 1 is 1.23 bits per heavy atom. The Morgan fingerprint density at radius 3 is 2.69 bits per heavy atom. The number of hydrogen-bond donors (Lipinski definition) is 2. The number of nitrogens with zero attached hydrogens (tertiary/aromatic N) is 1. The predicted octanol–water partition coefficient (Wildman–Crippen LogP) is 2.93. The number of carbonyl (C=O) groups excluding carboxylic acids is 2. The normalized spacial score (nSPS) is 11.5. The van der Waals surface area contributed by atoms with Gasteiger partial charge < -0.3 is 15.4 Å². The zero-order valence-corrected chi connectivity index (χ0v) is 14.8. The molecule has 0 saturated carbocycles. The molecule has 2 rings (SSSR count). The SMILES string of the molecule is CCCC(NC(C)=O)C(=O)NCc1cccnc1Oc1ccccc1F. The highest BCUT2D eigenvalue weighted by Gasteiger charge is 2.19. The lowest BCUT2D eigenvalue weighted by atomic mass is 10.1. The van der Waals surface area contributed by atoms with Crippen LogP contribution in [0.1, 0.15) is 32.3 Å². The molecule has 0 bridgehead atoms. The lowest BCUT2D eigenvalue weighted by Crippen LogP contribution is -2.45. The van der Waals surface area contributed by atoms with Gasteiger partial charge in [0.1, 0.15) is 6.04 Å². The van der Waals surface area contributed by atoms with E-state index in [1.807, 2.05) is 6.92 Å². The van der Waals surface area contributed by atoms with Gasteiger partial charge in [0, 0.05) is 25.2 Å². The Morgan fingerprint density at radius 2 is 2.00 bits per heavy atom. The molecule has 2 N–H and O–H groups in total. The quantitative estimate of drug-likeness (QED) is 0.759. The second-order valence-corrected chi connectivity index (χ2v) is 5.76. The molecule has 0 aliphatic heterocycles. The van der Waals surface area contributed by atoms with E-state index in [-0.39, 0.29) is 30.0 Å². The Balaban J connectivity index is 2.06. The number of carbonyl (C=O) groups is 2. The van der Waals surface area contributed by atoms with E-state index in [0.29, 0.717) is 12.0 Å². The first-order valence-electron chi connectivity index (χ1n) is 8.42. The van der Waals surface area contributed by atoms with Gasteiger partial charge in [-0.05, 0) is 24.6 Å². The number of hydrogen-bond acceptors (Lipinski definition) is 4. The second kappa shape index (κ2) is 9.50. The van der Waals surface area contributed by atoms with Gasteiger partial charge >= 0.3 is 0 Å². The van der Waals surface area contributed by atoms with Gasteiger partial charge in [-0.1, -0.05) is 31.5 Å². The number of aromatic nitrogens is 1. The van der Waals surface area contributed by atoms with Crippen LogP contribution in [0, 0.1) is 5.82 Å². The molecule has 2 amide bonds. The maximum absolute atomic E-state index is 13.8. The van der Waals surface area contributed by atoms with E-state index in [9.17, 15) is 14.0 Å². The van der Waals surface area contributed by atoms with Crippen LogP contribution in [0.5, 0.6) is 11.6 Å². The van der Waals surface area contributed by atoms with Crippen molar-refractivity contribution in [2.75, 3.05) is 0 Å². The fourth-order valence-electron chi connectivity index (χ4n) is 2.39. The lowest BCUT2D eigenvalue weighted by molar-refractivity contribution is -0.128. The van der Waals surface area contributed by atoms with Crippen LogP contribution in [0.25, 0.3) is 0 Å². The van der Waals surface area contributed by atoms with Crippen LogP contribution in [-0.2, 0) is 16.1 Å². The van der Waals surface area contributed by atoms with E-state index < -0.39 is 11.9 Å². The van der Waals surface area contributed by atoms with E-state index in [1.54, 1.807) is 24.3 Å². The fraction of sp³-hybridized carbons (Fsp3) is 0.316. The summed E-state index contributed by atoms with van der Waals surface area (Å²) in [7, 11) is 0. The summed E-state index contributed by atoms with van der Waals surface area (Å²) in [6.07, 6.45) is 2.82. The van der Waals surface area contributed by atoms with Gasteiger partial charge in [-0.25, -0.2) is 9.37 Å². The molecule has 1 unspecified atom stereocenters. The molecule has 0 radical (unpaired) electrons. The monoisotopic (exact) mass is 359 g/mol. The smallest absolute Gasteiger partial charge is 0.242 e. The van der Waals surface area contributed by atoms with Crippen LogP contribution in [0.4, 0.5) is 4.39 Å². The average molecular weight is 359 g/mol. The van der Waals surface area contributed by atoms with Crippen molar-refractivity contribution in [3.8, 4) is 11.6 Å². The number of halogens is 1.